The van der Waals surface area contributed by atoms with Gasteiger partial charge in [0.15, 0.2) is 11.1 Å². The van der Waals surface area contributed by atoms with E-state index in [1.54, 1.807) is 12.1 Å². The molecular weight excluding hydrogens is 247 g/mol. The fraction of sp³-hybridized carbons (Fsp3) is 0. The molecule has 1 aromatic heterocycles. The monoisotopic (exact) mass is 250 g/mol. The molecule has 0 aliphatic rings. The summed E-state index contributed by atoms with van der Waals surface area (Å²) in [5.74, 6) is 0. The van der Waals surface area contributed by atoms with Gasteiger partial charge < -0.3 is 4.55 Å². The third kappa shape index (κ3) is 3.13. The summed E-state index contributed by atoms with van der Waals surface area (Å²) in [4.78, 5) is 0. The van der Waals surface area contributed by atoms with Crippen LogP contribution in [-0.4, -0.2) is 38.3 Å². The third-order valence-electron chi connectivity index (χ3n) is 0.721. The molecule has 0 aliphatic heterocycles. The predicted octanol–water partition coefficient (Wildman–Crippen LogP) is 1.44. The van der Waals surface area contributed by atoms with Crippen LogP contribution < -0.4 is 0 Å². The molecule has 0 fully saturated rings. The van der Waals surface area contributed by atoms with Crippen molar-refractivity contribution in [3.63, 3.8) is 0 Å². The van der Waals surface area contributed by atoms with E-state index in [4.69, 9.17) is 4.55 Å². The summed E-state index contributed by atoms with van der Waals surface area (Å²) < 4.78 is 20.2. The van der Waals surface area contributed by atoms with E-state index in [1.165, 1.54) is 11.3 Å². The molecule has 0 aromatic carbocycles. The minimum absolute atomic E-state index is 0. The summed E-state index contributed by atoms with van der Waals surface area (Å²) >= 11 is 2.62. The Hall–Kier alpha value is 1.29. The molecule has 0 bridgehead atoms. The fourth-order valence-electron chi connectivity index (χ4n) is 0.392. The summed E-state index contributed by atoms with van der Waals surface area (Å²) in [5, 5.41) is 0. The third-order valence-corrected chi connectivity index (χ3v) is 3.30. The van der Waals surface area contributed by atoms with Crippen LogP contribution in [0.3, 0.4) is 0 Å². The van der Waals surface area contributed by atoms with Crippen LogP contribution in [0.5, 0.6) is 0 Å². The Kier molecular flexibility index (Phi) is 5.68. The van der Waals surface area contributed by atoms with Crippen molar-refractivity contribution in [1.29, 1.82) is 0 Å². The van der Waals surface area contributed by atoms with Gasteiger partial charge >= 0.3 is 29.6 Å². The second kappa shape index (κ2) is 5.03. The Balaban J connectivity index is 0.000000810. The maximum atomic E-state index is 10.3. The van der Waals surface area contributed by atoms with Gasteiger partial charge in [0.05, 0.1) is 3.79 Å². The van der Waals surface area contributed by atoms with E-state index in [1.807, 2.05) is 0 Å². The van der Waals surface area contributed by atoms with Crippen LogP contribution in [0.25, 0.3) is 0 Å². The molecule has 52 valence electrons. The van der Waals surface area contributed by atoms with E-state index < -0.39 is 11.1 Å². The molecule has 0 saturated heterocycles. The van der Waals surface area contributed by atoms with Gasteiger partial charge in [-0.3, -0.25) is 0 Å². The van der Waals surface area contributed by atoms with E-state index in [9.17, 15) is 4.21 Å². The van der Waals surface area contributed by atoms with Crippen molar-refractivity contribution < 1.29 is 8.76 Å². The van der Waals surface area contributed by atoms with Crippen LogP contribution in [0.15, 0.2) is 20.1 Å². The Bertz CT molecular complexity index is 237. The van der Waals surface area contributed by atoms with Gasteiger partial charge in [-0.15, -0.1) is 11.3 Å². The fourth-order valence-corrected chi connectivity index (χ4v) is 2.57. The standard InChI is InChI=1S/C4H3BrO2S2.Na.H/c5-3-1-2-4(8-3)9(6)7;;/h1-2H,(H,6,7);;. The van der Waals surface area contributed by atoms with Crippen molar-refractivity contribution in [3.8, 4) is 0 Å². The van der Waals surface area contributed by atoms with Gasteiger partial charge in [0, 0.05) is 0 Å². The summed E-state index contributed by atoms with van der Waals surface area (Å²) in [7, 11) is 0. The Morgan fingerprint density at radius 2 is 2.20 bits per heavy atom. The van der Waals surface area contributed by atoms with Crippen molar-refractivity contribution >= 4 is 67.9 Å². The van der Waals surface area contributed by atoms with Gasteiger partial charge in [-0.05, 0) is 28.1 Å². The maximum absolute atomic E-state index is 10.3. The minimum atomic E-state index is -1.82. The normalized spacial score (nSPS) is 12.2. The molecule has 10 heavy (non-hydrogen) atoms. The second-order valence-electron chi connectivity index (χ2n) is 1.31. The summed E-state index contributed by atoms with van der Waals surface area (Å²) in [6.07, 6.45) is 0. The van der Waals surface area contributed by atoms with Crippen LogP contribution in [0, 0.1) is 0 Å². The topological polar surface area (TPSA) is 37.3 Å². The van der Waals surface area contributed by atoms with Crippen LogP contribution in [0.4, 0.5) is 0 Å². The van der Waals surface area contributed by atoms with Gasteiger partial charge in [-0.1, -0.05) is 0 Å². The number of hydrogen-bond acceptors (Lipinski definition) is 2. The molecule has 1 rings (SSSR count). The number of thiophene rings is 1. The number of rotatable bonds is 1. The molecule has 0 radical (unpaired) electrons. The zero-order valence-electron chi connectivity index (χ0n) is 4.20. The molecule has 0 amide bonds. The molecule has 0 saturated carbocycles. The summed E-state index contributed by atoms with van der Waals surface area (Å²) in [6.45, 7) is 0. The van der Waals surface area contributed by atoms with E-state index in [2.05, 4.69) is 15.9 Å². The second-order valence-corrected chi connectivity index (χ2v) is 4.97. The van der Waals surface area contributed by atoms with Crippen molar-refractivity contribution in [2.75, 3.05) is 0 Å². The van der Waals surface area contributed by atoms with Gasteiger partial charge in [0.2, 0.25) is 0 Å². The zero-order chi connectivity index (χ0) is 6.85. The SMILES string of the molecule is O=S(O)c1ccc(Br)s1.[NaH]. The molecule has 0 aliphatic carbocycles. The number of hydrogen-bond donors (Lipinski definition) is 1. The Morgan fingerprint density at radius 3 is 2.40 bits per heavy atom. The van der Waals surface area contributed by atoms with E-state index in [0.717, 1.165) is 3.79 Å². The quantitative estimate of drug-likeness (QED) is 0.605. The van der Waals surface area contributed by atoms with Gasteiger partial charge in [0.25, 0.3) is 0 Å². The van der Waals surface area contributed by atoms with Crippen molar-refractivity contribution in [2.45, 2.75) is 4.21 Å². The molecular formula is C4H4BrNaO2S2. The summed E-state index contributed by atoms with van der Waals surface area (Å²) in [6, 6.07) is 3.36. The van der Waals surface area contributed by atoms with Crippen molar-refractivity contribution in [2.24, 2.45) is 0 Å². The molecule has 1 heterocycles. The first-order valence-electron chi connectivity index (χ1n) is 2.06. The molecule has 1 atom stereocenters. The molecule has 6 heteroatoms. The zero-order valence-corrected chi connectivity index (χ0v) is 7.42. The summed E-state index contributed by atoms with van der Waals surface area (Å²) in [5.41, 5.74) is 0. The Morgan fingerprint density at radius 1 is 1.60 bits per heavy atom. The van der Waals surface area contributed by atoms with Crippen LogP contribution in [0.2, 0.25) is 0 Å². The van der Waals surface area contributed by atoms with E-state index in [0.29, 0.717) is 4.21 Å². The van der Waals surface area contributed by atoms with Crippen LogP contribution >= 0.6 is 27.3 Å². The first kappa shape index (κ1) is 11.3. The van der Waals surface area contributed by atoms with Crippen LogP contribution in [-0.2, 0) is 11.1 Å². The van der Waals surface area contributed by atoms with Gasteiger partial charge in [0.1, 0.15) is 4.21 Å². The van der Waals surface area contributed by atoms with Crippen molar-refractivity contribution in [1.82, 2.24) is 0 Å². The molecule has 0 spiro atoms. The molecule has 1 aromatic rings. The van der Waals surface area contributed by atoms with Crippen molar-refractivity contribution in [3.05, 3.63) is 15.9 Å². The predicted molar refractivity (Wildman–Crippen MR) is 48.2 cm³/mol. The van der Waals surface area contributed by atoms with Crippen LogP contribution in [0.1, 0.15) is 0 Å². The Labute approximate surface area is 95.7 Å². The van der Waals surface area contributed by atoms with E-state index >= 15 is 0 Å². The van der Waals surface area contributed by atoms with E-state index in [-0.39, 0.29) is 29.6 Å². The molecule has 1 unspecified atom stereocenters. The van der Waals surface area contributed by atoms with Gasteiger partial charge in [-0.25, -0.2) is 4.21 Å². The number of halogens is 1. The first-order valence-corrected chi connectivity index (χ1v) is 4.78. The molecule has 2 nitrogen and oxygen atoms in total. The average molecular weight is 251 g/mol. The first-order chi connectivity index (χ1) is 4.20. The van der Waals surface area contributed by atoms with Gasteiger partial charge in [-0.2, -0.15) is 0 Å². The average Bonchev–Trinajstić information content (AvgIpc) is 2.14. The molecule has 1 N–H and O–H groups in total.